The summed E-state index contributed by atoms with van der Waals surface area (Å²) in [5.41, 5.74) is 11.1. The Morgan fingerprint density at radius 2 is 2.21 bits per heavy atom. The minimum Gasteiger partial charge on any atom is -0.383 e. The van der Waals surface area contributed by atoms with Crippen LogP contribution in [0.5, 0.6) is 0 Å². The molecule has 1 aliphatic rings. The molecular weight excluding hydrogens is 302 g/mol. The third-order valence-corrected chi connectivity index (χ3v) is 4.20. The Labute approximate surface area is 138 Å². The zero-order chi connectivity index (χ0) is 16.7. The molecule has 0 saturated carbocycles. The van der Waals surface area contributed by atoms with Gasteiger partial charge in [0.2, 0.25) is 5.91 Å². The number of hydrogen-bond acceptors (Lipinski definition) is 4. The number of carbonyl (C=O) groups excluding carboxylic acids is 1. The zero-order valence-corrected chi connectivity index (χ0v) is 13.3. The molecule has 1 amide bonds. The van der Waals surface area contributed by atoms with E-state index in [1.54, 1.807) is 0 Å². The molecule has 0 aliphatic carbocycles. The van der Waals surface area contributed by atoms with Crippen molar-refractivity contribution in [2.45, 2.75) is 13.5 Å². The Balaban J connectivity index is 1.82. The second kappa shape index (κ2) is 5.49. The molecule has 0 spiro atoms. The molecule has 0 radical (unpaired) electrons. The third kappa shape index (κ3) is 2.42. The number of hydrogen-bond donors (Lipinski definition) is 3. The van der Waals surface area contributed by atoms with Crippen LogP contribution < -0.4 is 11.1 Å². The summed E-state index contributed by atoms with van der Waals surface area (Å²) in [7, 11) is 0. The normalized spacial score (nSPS) is 13.6. The van der Waals surface area contributed by atoms with Crippen LogP contribution in [0.2, 0.25) is 0 Å². The fourth-order valence-corrected chi connectivity index (χ4v) is 3.00. The first-order valence-corrected chi connectivity index (χ1v) is 7.76. The fourth-order valence-electron chi connectivity index (χ4n) is 3.00. The average Bonchev–Trinajstić information content (AvgIpc) is 3.22. The maximum atomic E-state index is 11.1. The molecule has 24 heavy (non-hydrogen) atoms. The molecule has 4 N–H and O–H groups in total. The SMILES string of the molecule is CC(=O)NCc1cc2c(N)nc3cc(C4=CC=NC4)ccc3c2[nH]1. The summed E-state index contributed by atoms with van der Waals surface area (Å²) in [5, 5.41) is 4.67. The number of anilines is 1. The van der Waals surface area contributed by atoms with Crippen molar-refractivity contribution in [3.63, 3.8) is 0 Å². The molecule has 3 aromatic rings. The summed E-state index contributed by atoms with van der Waals surface area (Å²) < 4.78 is 0. The van der Waals surface area contributed by atoms with Crippen LogP contribution in [-0.2, 0) is 11.3 Å². The van der Waals surface area contributed by atoms with Gasteiger partial charge in [-0.05, 0) is 29.3 Å². The number of nitrogens with two attached hydrogens (primary N) is 1. The molecule has 0 saturated heterocycles. The average molecular weight is 319 g/mol. The maximum absolute atomic E-state index is 11.1. The highest BCUT2D eigenvalue weighted by molar-refractivity contribution is 6.09. The van der Waals surface area contributed by atoms with E-state index in [1.165, 1.54) is 12.5 Å². The van der Waals surface area contributed by atoms with Crippen molar-refractivity contribution in [3.05, 3.63) is 41.6 Å². The lowest BCUT2D eigenvalue weighted by Gasteiger charge is -2.06. The predicted molar refractivity (Wildman–Crippen MR) is 96.9 cm³/mol. The van der Waals surface area contributed by atoms with Gasteiger partial charge in [-0.3, -0.25) is 9.79 Å². The number of nitrogens with zero attached hydrogens (tertiary/aromatic N) is 2. The summed E-state index contributed by atoms with van der Waals surface area (Å²) in [4.78, 5) is 23.2. The maximum Gasteiger partial charge on any atom is 0.217 e. The number of aromatic amines is 1. The summed E-state index contributed by atoms with van der Waals surface area (Å²) in [6, 6.07) is 8.11. The number of nitrogens with one attached hydrogen (secondary N) is 2. The molecule has 4 rings (SSSR count). The van der Waals surface area contributed by atoms with Crippen LogP contribution in [0.1, 0.15) is 18.2 Å². The number of rotatable bonds is 3. The first-order chi connectivity index (χ1) is 11.6. The van der Waals surface area contributed by atoms with Crippen LogP contribution in [-0.4, -0.2) is 28.6 Å². The van der Waals surface area contributed by atoms with Gasteiger partial charge in [0.1, 0.15) is 5.82 Å². The number of aromatic nitrogens is 2. The standard InChI is InChI=1S/C18H17N5O/c1-10(24)21-9-13-7-15-17(22-13)14-3-2-11(12-4-5-20-8-12)6-16(14)23-18(15)19/h2-7,22H,8-9H2,1H3,(H2,19,23)(H,21,24). The smallest absolute Gasteiger partial charge is 0.217 e. The van der Waals surface area contributed by atoms with Gasteiger partial charge in [-0.1, -0.05) is 12.1 Å². The Morgan fingerprint density at radius 1 is 1.33 bits per heavy atom. The lowest BCUT2D eigenvalue weighted by atomic mass is 10.0. The van der Waals surface area contributed by atoms with E-state index in [1.807, 2.05) is 24.4 Å². The highest BCUT2D eigenvalue weighted by Crippen LogP contribution is 2.30. The van der Waals surface area contributed by atoms with Crippen molar-refractivity contribution in [3.8, 4) is 0 Å². The number of carbonyl (C=O) groups is 1. The molecular formula is C18H17N5O. The van der Waals surface area contributed by atoms with Crippen LogP contribution >= 0.6 is 0 Å². The van der Waals surface area contributed by atoms with Gasteiger partial charge >= 0.3 is 0 Å². The van der Waals surface area contributed by atoms with Crippen molar-refractivity contribution >= 4 is 45.3 Å². The zero-order valence-electron chi connectivity index (χ0n) is 13.3. The van der Waals surface area contributed by atoms with Crippen molar-refractivity contribution in [2.24, 2.45) is 4.99 Å². The summed E-state index contributed by atoms with van der Waals surface area (Å²) in [5.74, 6) is 0.415. The highest BCUT2D eigenvalue weighted by atomic mass is 16.1. The van der Waals surface area contributed by atoms with Gasteiger partial charge in [0.05, 0.1) is 24.1 Å². The first kappa shape index (κ1) is 14.4. The molecule has 120 valence electrons. The van der Waals surface area contributed by atoms with E-state index in [0.29, 0.717) is 18.9 Å². The first-order valence-electron chi connectivity index (χ1n) is 7.76. The van der Waals surface area contributed by atoms with Crippen LogP contribution in [0.3, 0.4) is 0 Å². The summed E-state index contributed by atoms with van der Waals surface area (Å²) in [6.45, 7) is 2.64. The lowest BCUT2D eigenvalue weighted by molar-refractivity contribution is -0.119. The van der Waals surface area contributed by atoms with E-state index < -0.39 is 0 Å². The van der Waals surface area contributed by atoms with E-state index >= 15 is 0 Å². The molecule has 0 bridgehead atoms. The van der Waals surface area contributed by atoms with Gasteiger partial charge in [0, 0.05) is 29.6 Å². The van der Waals surface area contributed by atoms with Crippen LogP contribution in [0, 0.1) is 0 Å². The number of aliphatic imine (C=N–C) groups is 1. The van der Waals surface area contributed by atoms with Crippen LogP contribution in [0.15, 0.2) is 35.3 Å². The van der Waals surface area contributed by atoms with E-state index in [2.05, 4.69) is 32.4 Å². The second-order valence-electron chi connectivity index (χ2n) is 5.90. The molecule has 6 nitrogen and oxygen atoms in total. The fraction of sp³-hybridized carbons (Fsp3) is 0.167. The quantitative estimate of drug-likeness (QED) is 0.691. The number of fused-ring (bicyclic) bond motifs is 3. The molecule has 3 heterocycles. The van der Waals surface area contributed by atoms with E-state index in [-0.39, 0.29) is 5.91 Å². The highest BCUT2D eigenvalue weighted by Gasteiger charge is 2.12. The summed E-state index contributed by atoms with van der Waals surface area (Å²) >= 11 is 0. The van der Waals surface area contributed by atoms with Crippen molar-refractivity contribution in [1.29, 1.82) is 0 Å². The number of nitrogen functional groups attached to an aromatic ring is 1. The Morgan fingerprint density at radius 3 is 2.96 bits per heavy atom. The number of pyridine rings is 1. The number of H-pyrrole nitrogens is 1. The molecule has 1 aliphatic heterocycles. The molecule has 6 heteroatoms. The topological polar surface area (TPSA) is 96.2 Å². The Hall–Kier alpha value is -3.15. The minimum absolute atomic E-state index is 0.0682. The summed E-state index contributed by atoms with van der Waals surface area (Å²) in [6.07, 6.45) is 3.84. The van der Waals surface area contributed by atoms with E-state index in [4.69, 9.17) is 5.73 Å². The number of allylic oxidation sites excluding steroid dienone is 1. The van der Waals surface area contributed by atoms with Crippen molar-refractivity contribution in [2.75, 3.05) is 12.3 Å². The van der Waals surface area contributed by atoms with Crippen LogP contribution in [0.4, 0.5) is 5.82 Å². The van der Waals surface area contributed by atoms with Gasteiger partial charge < -0.3 is 16.0 Å². The lowest BCUT2D eigenvalue weighted by Crippen LogP contribution is -2.18. The van der Waals surface area contributed by atoms with E-state index in [9.17, 15) is 4.79 Å². The largest absolute Gasteiger partial charge is 0.383 e. The minimum atomic E-state index is -0.0682. The van der Waals surface area contributed by atoms with E-state index in [0.717, 1.165) is 33.1 Å². The van der Waals surface area contributed by atoms with Gasteiger partial charge in [-0.15, -0.1) is 0 Å². The predicted octanol–water partition coefficient (Wildman–Crippen LogP) is 2.40. The number of benzene rings is 1. The van der Waals surface area contributed by atoms with Gasteiger partial charge in [-0.25, -0.2) is 4.98 Å². The molecule has 0 fully saturated rings. The monoisotopic (exact) mass is 319 g/mol. The van der Waals surface area contributed by atoms with Gasteiger partial charge in [-0.2, -0.15) is 0 Å². The van der Waals surface area contributed by atoms with Crippen molar-refractivity contribution < 1.29 is 4.79 Å². The number of amides is 1. The van der Waals surface area contributed by atoms with Gasteiger partial charge in [0.15, 0.2) is 0 Å². The Bertz CT molecular complexity index is 1030. The molecule has 2 aromatic heterocycles. The second-order valence-corrected chi connectivity index (χ2v) is 5.90. The van der Waals surface area contributed by atoms with Crippen LogP contribution in [0.25, 0.3) is 27.4 Å². The van der Waals surface area contributed by atoms with Gasteiger partial charge in [0.25, 0.3) is 0 Å². The third-order valence-electron chi connectivity index (χ3n) is 4.20. The van der Waals surface area contributed by atoms with Crippen molar-refractivity contribution in [1.82, 2.24) is 15.3 Å². The molecule has 0 unspecified atom stereocenters. The molecule has 1 aromatic carbocycles. The molecule has 0 atom stereocenters. The Kier molecular flexibility index (Phi) is 3.30.